The van der Waals surface area contributed by atoms with Crippen molar-refractivity contribution in [3.8, 4) is 0 Å². The molecule has 3 heteroatoms. The molecule has 0 aliphatic heterocycles. The Balaban J connectivity index is 2.24. The standard InChI is InChI=1S/C19H13ClO2/c20-18-11-4-2-7-14(18)12-17(19(21)22)16-10-5-8-13-6-1-3-9-15(13)16/h1-12H,(H,21,22)/b17-12-. The Hall–Kier alpha value is -2.58. The molecule has 2 nitrogen and oxygen atoms in total. The number of benzene rings is 3. The topological polar surface area (TPSA) is 37.3 Å². The van der Waals surface area contributed by atoms with E-state index in [-0.39, 0.29) is 5.57 Å². The van der Waals surface area contributed by atoms with Crippen LogP contribution in [-0.4, -0.2) is 11.1 Å². The van der Waals surface area contributed by atoms with Crippen molar-refractivity contribution in [3.05, 3.63) is 82.9 Å². The van der Waals surface area contributed by atoms with Gasteiger partial charge in [-0.05, 0) is 34.0 Å². The third-order valence-electron chi connectivity index (χ3n) is 3.52. The molecular weight excluding hydrogens is 296 g/mol. The molecule has 0 saturated carbocycles. The van der Waals surface area contributed by atoms with Crippen LogP contribution in [0.2, 0.25) is 5.02 Å². The first-order valence-electron chi connectivity index (χ1n) is 6.84. The van der Waals surface area contributed by atoms with E-state index >= 15 is 0 Å². The predicted octanol–water partition coefficient (Wildman–Crippen LogP) is 5.12. The van der Waals surface area contributed by atoms with Crippen LogP contribution < -0.4 is 0 Å². The van der Waals surface area contributed by atoms with Gasteiger partial charge in [-0.2, -0.15) is 0 Å². The van der Waals surface area contributed by atoms with Gasteiger partial charge in [0.2, 0.25) is 0 Å². The van der Waals surface area contributed by atoms with E-state index in [1.54, 1.807) is 18.2 Å². The maximum absolute atomic E-state index is 11.7. The van der Waals surface area contributed by atoms with Crippen LogP contribution in [0.1, 0.15) is 11.1 Å². The molecule has 108 valence electrons. The third kappa shape index (κ3) is 2.74. The van der Waals surface area contributed by atoms with Crippen molar-refractivity contribution in [1.82, 2.24) is 0 Å². The van der Waals surface area contributed by atoms with Crippen LogP contribution >= 0.6 is 11.6 Å². The number of halogens is 1. The smallest absolute Gasteiger partial charge is 0.336 e. The van der Waals surface area contributed by atoms with Crippen LogP contribution in [-0.2, 0) is 4.79 Å². The van der Waals surface area contributed by atoms with Crippen molar-refractivity contribution in [2.75, 3.05) is 0 Å². The second-order valence-corrected chi connectivity index (χ2v) is 5.32. The van der Waals surface area contributed by atoms with E-state index in [1.165, 1.54) is 0 Å². The number of carboxylic acids is 1. The van der Waals surface area contributed by atoms with Gasteiger partial charge in [0.1, 0.15) is 0 Å². The molecule has 0 aliphatic rings. The molecule has 0 fully saturated rings. The van der Waals surface area contributed by atoms with Gasteiger partial charge in [0.25, 0.3) is 0 Å². The Kier molecular flexibility index (Phi) is 3.94. The lowest BCUT2D eigenvalue weighted by molar-refractivity contribution is -0.130. The minimum Gasteiger partial charge on any atom is -0.478 e. The molecule has 3 rings (SSSR count). The number of fused-ring (bicyclic) bond motifs is 1. The van der Waals surface area contributed by atoms with Crippen LogP contribution in [0.4, 0.5) is 0 Å². The molecule has 3 aromatic carbocycles. The van der Waals surface area contributed by atoms with E-state index in [1.807, 2.05) is 54.6 Å². The van der Waals surface area contributed by atoms with Crippen molar-refractivity contribution in [2.24, 2.45) is 0 Å². The molecule has 0 unspecified atom stereocenters. The van der Waals surface area contributed by atoms with Crippen LogP contribution in [0.3, 0.4) is 0 Å². The Labute approximate surface area is 133 Å². The fraction of sp³-hybridized carbons (Fsp3) is 0. The largest absolute Gasteiger partial charge is 0.478 e. The summed E-state index contributed by atoms with van der Waals surface area (Å²) in [5.41, 5.74) is 1.60. The highest BCUT2D eigenvalue weighted by atomic mass is 35.5. The zero-order valence-electron chi connectivity index (χ0n) is 11.7. The number of hydrogen-bond donors (Lipinski definition) is 1. The van der Waals surface area contributed by atoms with E-state index < -0.39 is 5.97 Å². The van der Waals surface area contributed by atoms with Crippen molar-refractivity contribution >= 4 is 40.0 Å². The van der Waals surface area contributed by atoms with Crippen LogP contribution in [0.5, 0.6) is 0 Å². The lowest BCUT2D eigenvalue weighted by Crippen LogP contribution is -2.00. The average molecular weight is 309 g/mol. The Morgan fingerprint density at radius 2 is 1.59 bits per heavy atom. The number of aliphatic carboxylic acids is 1. The predicted molar refractivity (Wildman–Crippen MR) is 90.9 cm³/mol. The molecule has 0 amide bonds. The number of carbonyl (C=O) groups is 1. The van der Waals surface area contributed by atoms with Gasteiger partial charge < -0.3 is 5.11 Å². The Morgan fingerprint density at radius 1 is 0.909 bits per heavy atom. The maximum atomic E-state index is 11.7. The summed E-state index contributed by atoms with van der Waals surface area (Å²) in [5, 5.41) is 12.1. The van der Waals surface area contributed by atoms with E-state index in [9.17, 15) is 9.90 Å². The maximum Gasteiger partial charge on any atom is 0.336 e. The zero-order valence-corrected chi connectivity index (χ0v) is 12.4. The van der Waals surface area contributed by atoms with Crippen molar-refractivity contribution in [2.45, 2.75) is 0 Å². The van der Waals surface area contributed by atoms with Crippen molar-refractivity contribution in [3.63, 3.8) is 0 Å². The van der Waals surface area contributed by atoms with Crippen molar-refractivity contribution < 1.29 is 9.90 Å². The second kappa shape index (κ2) is 6.04. The SMILES string of the molecule is O=C(O)/C(=C\c1ccccc1Cl)c1cccc2ccccc12. The summed E-state index contributed by atoms with van der Waals surface area (Å²) in [6.07, 6.45) is 1.62. The highest BCUT2D eigenvalue weighted by molar-refractivity contribution is 6.33. The van der Waals surface area contributed by atoms with Crippen molar-refractivity contribution in [1.29, 1.82) is 0 Å². The molecule has 0 atom stereocenters. The van der Waals surface area contributed by atoms with E-state index in [2.05, 4.69) is 0 Å². The van der Waals surface area contributed by atoms with Gasteiger partial charge >= 0.3 is 5.97 Å². The Bertz CT molecular complexity index is 876. The van der Waals surface area contributed by atoms with Gasteiger partial charge in [0.05, 0.1) is 5.57 Å². The highest BCUT2D eigenvalue weighted by Gasteiger charge is 2.14. The molecule has 0 saturated heterocycles. The first-order valence-corrected chi connectivity index (χ1v) is 7.22. The summed E-state index contributed by atoms with van der Waals surface area (Å²) in [6.45, 7) is 0. The number of carboxylic acid groups (broad SMARTS) is 1. The molecule has 0 bridgehead atoms. The van der Waals surface area contributed by atoms with Gasteiger partial charge in [-0.3, -0.25) is 0 Å². The van der Waals surface area contributed by atoms with E-state index in [4.69, 9.17) is 11.6 Å². The second-order valence-electron chi connectivity index (χ2n) is 4.91. The lowest BCUT2D eigenvalue weighted by Gasteiger charge is -2.08. The van der Waals surface area contributed by atoms with E-state index in [0.29, 0.717) is 16.1 Å². The summed E-state index contributed by atoms with van der Waals surface area (Å²) in [6, 6.07) is 20.6. The summed E-state index contributed by atoms with van der Waals surface area (Å²) in [7, 11) is 0. The molecule has 1 N–H and O–H groups in total. The molecule has 0 radical (unpaired) electrons. The van der Waals surface area contributed by atoms with Crippen LogP contribution in [0.25, 0.3) is 22.4 Å². The fourth-order valence-corrected chi connectivity index (χ4v) is 2.65. The minimum atomic E-state index is -0.976. The quantitative estimate of drug-likeness (QED) is 0.538. The normalized spacial score (nSPS) is 11.6. The molecule has 0 aromatic heterocycles. The summed E-state index contributed by atoms with van der Waals surface area (Å²) in [4.78, 5) is 11.7. The van der Waals surface area contributed by atoms with E-state index in [0.717, 1.165) is 10.8 Å². The zero-order chi connectivity index (χ0) is 15.5. The highest BCUT2D eigenvalue weighted by Crippen LogP contribution is 2.28. The summed E-state index contributed by atoms with van der Waals surface area (Å²) >= 11 is 6.14. The van der Waals surface area contributed by atoms with Gasteiger partial charge in [0.15, 0.2) is 0 Å². The number of rotatable bonds is 3. The fourth-order valence-electron chi connectivity index (χ4n) is 2.46. The first kappa shape index (κ1) is 14.4. The molecule has 0 heterocycles. The molecule has 0 aliphatic carbocycles. The molecular formula is C19H13ClO2. The lowest BCUT2D eigenvalue weighted by atomic mass is 9.96. The molecule has 3 aromatic rings. The monoisotopic (exact) mass is 308 g/mol. The Morgan fingerprint density at radius 3 is 2.36 bits per heavy atom. The van der Waals surface area contributed by atoms with Gasteiger partial charge in [-0.1, -0.05) is 72.3 Å². The molecule has 0 spiro atoms. The average Bonchev–Trinajstić information content (AvgIpc) is 2.53. The number of hydrogen-bond acceptors (Lipinski definition) is 1. The minimum absolute atomic E-state index is 0.227. The summed E-state index contributed by atoms with van der Waals surface area (Å²) < 4.78 is 0. The summed E-state index contributed by atoms with van der Waals surface area (Å²) in [5.74, 6) is -0.976. The van der Waals surface area contributed by atoms with Crippen LogP contribution in [0.15, 0.2) is 66.7 Å². The van der Waals surface area contributed by atoms with Crippen LogP contribution in [0, 0.1) is 0 Å². The third-order valence-corrected chi connectivity index (χ3v) is 3.86. The molecule has 22 heavy (non-hydrogen) atoms. The first-order chi connectivity index (χ1) is 10.7. The van der Waals surface area contributed by atoms with Gasteiger partial charge in [-0.25, -0.2) is 4.79 Å². The van der Waals surface area contributed by atoms with Gasteiger partial charge in [0, 0.05) is 5.02 Å². The van der Waals surface area contributed by atoms with Gasteiger partial charge in [-0.15, -0.1) is 0 Å².